The summed E-state index contributed by atoms with van der Waals surface area (Å²) in [5.41, 5.74) is 7.47. The molecule has 104 valence electrons. The lowest BCUT2D eigenvalue weighted by atomic mass is 9.88. The molecule has 3 rings (SSSR count). The number of fused-ring (bicyclic) bond motifs is 1. The van der Waals surface area contributed by atoms with Gasteiger partial charge in [-0.1, -0.05) is 24.3 Å². The normalized spacial score (nSPS) is 19.7. The molecule has 2 aromatic carbocycles. The van der Waals surface area contributed by atoms with Crippen molar-refractivity contribution in [1.82, 2.24) is 0 Å². The Kier molecular flexibility index (Phi) is 3.31. The highest BCUT2D eigenvalue weighted by molar-refractivity contribution is 6.65. The third-order valence-corrected chi connectivity index (χ3v) is 3.69. The van der Waals surface area contributed by atoms with E-state index in [0.717, 1.165) is 0 Å². The molecule has 2 N–H and O–H groups in total. The van der Waals surface area contributed by atoms with Gasteiger partial charge in [-0.05, 0) is 24.3 Å². The third-order valence-electron chi connectivity index (χ3n) is 3.28. The van der Waals surface area contributed by atoms with Crippen molar-refractivity contribution in [3.63, 3.8) is 0 Å². The van der Waals surface area contributed by atoms with Gasteiger partial charge in [0.2, 0.25) is 5.78 Å². The van der Waals surface area contributed by atoms with Gasteiger partial charge in [0.15, 0.2) is 5.78 Å². The standard InChI is InChI=1S/C16H11ClN2O2/c17-13-14(19-10-7-5-9(18)6-8-10)16(21)12-4-2-1-3-11(12)15(13)20/h1-8,13H,18H2. The Morgan fingerprint density at radius 3 is 2.24 bits per heavy atom. The third kappa shape index (κ3) is 2.34. The zero-order valence-electron chi connectivity index (χ0n) is 10.9. The van der Waals surface area contributed by atoms with Gasteiger partial charge in [-0.25, -0.2) is 4.99 Å². The fourth-order valence-electron chi connectivity index (χ4n) is 2.21. The van der Waals surface area contributed by atoms with Gasteiger partial charge in [-0.15, -0.1) is 11.6 Å². The van der Waals surface area contributed by atoms with Gasteiger partial charge in [0, 0.05) is 16.8 Å². The van der Waals surface area contributed by atoms with Crippen LogP contribution in [0.25, 0.3) is 0 Å². The molecular formula is C16H11ClN2O2. The number of hydrogen-bond donors (Lipinski definition) is 1. The minimum Gasteiger partial charge on any atom is -0.399 e. The van der Waals surface area contributed by atoms with Crippen LogP contribution in [-0.2, 0) is 0 Å². The molecule has 1 unspecified atom stereocenters. The Bertz CT molecular complexity index is 766. The summed E-state index contributed by atoms with van der Waals surface area (Å²) in [6, 6.07) is 13.3. The van der Waals surface area contributed by atoms with Gasteiger partial charge in [0.1, 0.15) is 11.1 Å². The smallest absolute Gasteiger partial charge is 0.209 e. The molecule has 4 nitrogen and oxygen atoms in total. The SMILES string of the molecule is Nc1ccc(N=C2C(=O)c3ccccc3C(=O)C2Cl)cc1. The molecule has 1 atom stereocenters. The van der Waals surface area contributed by atoms with Crippen molar-refractivity contribution < 1.29 is 9.59 Å². The average Bonchev–Trinajstić information content (AvgIpc) is 2.51. The number of carbonyl (C=O) groups is 2. The van der Waals surface area contributed by atoms with Gasteiger partial charge in [-0.2, -0.15) is 0 Å². The first-order valence-corrected chi connectivity index (χ1v) is 6.77. The molecule has 0 aromatic heterocycles. The minimum atomic E-state index is -1.06. The predicted octanol–water partition coefficient (Wildman–Crippen LogP) is 3.03. The first-order chi connectivity index (χ1) is 10.1. The van der Waals surface area contributed by atoms with Gasteiger partial charge >= 0.3 is 0 Å². The van der Waals surface area contributed by atoms with Crippen LogP contribution in [0.2, 0.25) is 0 Å². The molecule has 5 heteroatoms. The van der Waals surface area contributed by atoms with Crippen LogP contribution in [0.1, 0.15) is 20.7 Å². The average molecular weight is 299 g/mol. The van der Waals surface area contributed by atoms with E-state index < -0.39 is 5.38 Å². The van der Waals surface area contributed by atoms with Crippen molar-refractivity contribution in [2.45, 2.75) is 5.38 Å². The van der Waals surface area contributed by atoms with Crippen LogP contribution in [-0.4, -0.2) is 22.7 Å². The molecule has 0 aliphatic heterocycles. The van der Waals surface area contributed by atoms with Crippen molar-refractivity contribution in [1.29, 1.82) is 0 Å². The molecule has 1 aliphatic rings. The summed E-state index contributed by atoms with van der Waals surface area (Å²) in [5.74, 6) is -0.622. The summed E-state index contributed by atoms with van der Waals surface area (Å²) in [7, 11) is 0. The van der Waals surface area contributed by atoms with E-state index in [1.54, 1.807) is 48.5 Å². The van der Waals surface area contributed by atoms with Crippen molar-refractivity contribution in [3.8, 4) is 0 Å². The summed E-state index contributed by atoms with van der Waals surface area (Å²) in [6.45, 7) is 0. The van der Waals surface area contributed by atoms with Crippen LogP contribution >= 0.6 is 11.6 Å². The molecule has 0 amide bonds. The molecule has 0 saturated heterocycles. The van der Waals surface area contributed by atoms with Crippen molar-refractivity contribution >= 4 is 40.3 Å². The predicted molar refractivity (Wildman–Crippen MR) is 82.7 cm³/mol. The highest BCUT2D eigenvalue weighted by atomic mass is 35.5. The van der Waals surface area contributed by atoms with Gasteiger partial charge in [0.05, 0.1) is 5.69 Å². The quantitative estimate of drug-likeness (QED) is 0.649. The summed E-state index contributed by atoms with van der Waals surface area (Å²) in [5, 5.41) is -1.06. The second-order valence-electron chi connectivity index (χ2n) is 4.69. The van der Waals surface area contributed by atoms with E-state index in [0.29, 0.717) is 22.5 Å². The van der Waals surface area contributed by atoms with E-state index in [4.69, 9.17) is 17.3 Å². The maximum atomic E-state index is 12.5. The molecule has 2 aromatic rings. The van der Waals surface area contributed by atoms with Crippen LogP contribution in [0, 0.1) is 0 Å². The number of alkyl halides is 1. The molecule has 21 heavy (non-hydrogen) atoms. The maximum absolute atomic E-state index is 12.5. The number of nitrogens with two attached hydrogens (primary N) is 1. The van der Waals surface area contributed by atoms with Crippen LogP contribution in [0.5, 0.6) is 0 Å². The number of Topliss-reactive ketones (excluding diaryl/α,β-unsaturated/α-hetero) is 2. The van der Waals surface area contributed by atoms with Gasteiger partial charge < -0.3 is 5.73 Å². The molecule has 0 spiro atoms. The Morgan fingerprint density at radius 2 is 1.57 bits per heavy atom. The van der Waals surface area contributed by atoms with E-state index in [2.05, 4.69) is 4.99 Å². The largest absolute Gasteiger partial charge is 0.399 e. The van der Waals surface area contributed by atoms with Crippen molar-refractivity contribution in [3.05, 3.63) is 59.7 Å². The van der Waals surface area contributed by atoms with E-state index in [1.165, 1.54) is 0 Å². The number of rotatable bonds is 1. The lowest BCUT2D eigenvalue weighted by molar-refractivity contribution is 0.0968. The summed E-state index contributed by atoms with van der Waals surface area (Å²) in [4.78, 5) is 28.9. The molecule has 0 saturated carbocycles. The number of benzene rings is 2. The van der Waals surface area contributed by atoms with Crippen molar-refractivity contribution in [2.75, 3.05) is 5.73 Å². The Hall–Kier alpha value is -2.46. The Morgan fingerprint density at radius 1 is 0.952 bits per heavy atom. The Labute approximate surface area is 126 Å². The van der Waals surface area contributed by atoms with Crippen molar-refractivity contribution in [2.24, 2.45) is 4.99 Å². The van der Waals surface area contributed by atoms with Gasteiger partial charge in [-0.3, -0.25) is 9.59 Å². The van der Waals surface area contributed by atoms with Gasteiger partial charge in [0.25, 0.3) is 0 Å². The number of halogens is 1. The summed E-state index contributed by atoms with van der Waals surface area (Å²) < 4.78 is 0. The maximum Gasteiger partial charge on any atom is 0.209 e. The number of aliphatic imine (C=N–C) groups is 1. The monoisotopic (exact) mass is 298 g/mol. The lowest BCUT2D eigenvalue weighted by Gasteiger charge is -2.19. The zero-order chi connectivity index (χ0) is 15.0. The molecule has 0 bridgehead atoms. The number of nitrogen functional groups attached to an aromatic ring is 1. The molecule has 0 heterocycles. The van der Waals surface area contributed by atoms with Crippen LogP contribution in [0.3, 0.4) is 0 Å². The number of hydrogen-bond acceptors (Lipinski definition) is 4. The lowest BCUT2D eigenvalue weighted by Crippen LogP contribution is -2.37. The number of anilines is 1. The molecule has 0 radical (unpaired) electrons. The van der Waals surface area contributed by atoms with E-state index in [9.17, 15) is 9.59 Å². The highest BCUT2D eigenvalue weighted by Crippen LogP contribution is 2.25. The van der Waals surface area contributed by atoms with Crippen LogP contribution < -0.4 is 5.73 Å². The number of nitrogens with zero attached hydrogens (tertiary/aromatic N) is 1. The summed E-state index contributed by atoms with van der Waals surface area (Å²) in [6.07, 6.45) is 0. The van der Waals surface area contributed by atoms with E-state index in [1.807, 2.05) is 0 Å². The van der Waals surface area contributed by atoms with Crippen LogP contribution in [0.4, 0.5) is 11.4 Å². The first kappa shape index (κ1) is 13.5. The Balaban J connectivity index is 2.10. The minimum absolute atomic E-state index is 0.0464. The summed E-state index contributed by atoms with van der Waals surface area (Å²) >= 11 is 6.11. The number of ketones is 2. The second-order valence-corrected chi connectivity index (χ2v) is 5.13. The topological polar surface area (TPSA) is 72.5 Å². The molecule has 0 fully saturated rings. The fraction of sp³-hybridized carbons (Fsp3) is 0.0625. The fourth-order valence-corrected chi connectivity index (χ4v) is 2.47. The second kappa shape index (κ2) is 5.14. The first-order valence-electron chi connectivity index (χ1n) is 6.34. The highest BCUT2D eigenvalue weighted by Gasteiger charge is 2.36. The molecular weight excluding hydrogens is 288 g/mol. The van der Waals surface area contributed by atoms with E-state index >= 15 is 0 Å². The van der Waals surface area contributed by atoms with E-state index in [-0.39, 0.29) is 17.3 Å². The zero-order valence-corrected chi connectivity index (χ0v) is 11.7. The number of carbonyl (C=O) groups excluding carboxylic acids is 2. The van der Waals surface area contributed by atoms with Crippen LogP contribution in [0.15, 0.2) is 53.5 Å². The molecule has 1 aliphatic carbocycles.